The number of aromatic nitrogens is 2. The zero-order chi connectivity index (χ0) is 8.72. The van der Waals surface area contributed by atoms with Crippen molar-refractivity contribution in [2.45, 2.75) is 4.95 Å². The Hall–Kier alpha value is -1.24. The van der Waals surface area contributed by atoms with Crippen LogP contribution in [-0.4, -0.2) is 9.97 Å². The minimum Gasteiger partial charge on any atom is -0.369 e. The van der Waals surface area contributed by atoms with Crippen LogP contribution in [0, 0.1) is 0 Å². The number of aromatic amines is 1. The molecule has 0 aliphatic carbocycles. The summed E-state index contributed by atoms with van der Waals surface area (Å²) in [7, 11) is 0. The van der Waals surface area contributed by atoms with E-state index in [9.17, 15) is 4.79 Å². The van der Waals surface area contributed by atoms with E-state index >= 15 is 0 Å². The summed E-state index contributed by atoms with van der Waals surface area (Å²) in [6, 6.07) is 0. The molecule has 12 heavy (non-hydrogen) atoms. The van der Waals surface area contributed by atoms with Crippen LogP contribution in [0.25, 0.3) is 0 Å². The summed E-state index contributed by atoms with van der Waals surface area (Å²) < 4.78 is 0. The van der Waals surface area contributed by atoms with Crippen molar-refractivity contribution >= 4 is 27.7 Å². The maximum absolute atomic E-state index is 11.2. The van der Waals surface area contributed by atoms with Gasteiger partial charge >= 0.3 is 0 Å². The molecule has 0 amide bonds. The van der Waals surface area contributed by atoms with E-state index in [4.69, 9.17) is 5.73 Å². The fourth-order valence-corrected chi connectivity index (χ4v) is 1.45. The van der Waals surface area contributed by atoms with Crippen LogP contribution in [0.3, 0.4) is 0 Å². The van der Waals surface area contributed by atoms with Crippen LogP contribution < -0.4 is 11.3 Å². The molecule has 1 aromatic heterocycles. The molecule has 1 atom stereocenters. The fraction of sp³-hybridized carbons (Fsp3) is 0.200. The van der Waals surface area contributed by atoms with E-state index in [2.05, 4.69) is 36.1 Å². The molecule has 3 N–H and O–H groups in total. The van der Waals surface area contributed by atoms with Gasteiger partial charge in [-0.15, -0.1) is 5.11 Å². The lowest BCUT2D eigenvalue weighted by Crippen LogP contribution is -2.15. The van der Waals surface area contributed by atoms with Crippen LogP contribution in [0.2, 0.25) is 0 Å². The minimum atomic E-state index is -0.399. The smallest absolute Gasteiger partial charge is 0.260 e. The van der Waals surface area contributed by atoms with Crippen LogP contribution >= 0.6 is 15.9 Å². The lowest BCUT2D eigenvalue weighted by atomic mass is 10.3. The van der Waals surface area contributed by atoms with Gasteiger partial charge in [0.25, 0.3) is 5.56 Å². The number of rotatable bonds is 0. The normalized spacial score (nSPS) is 19.6. The number of anilines is 1. The third kappa shape index (κ3) is 0.934. The summed E-state index contributed by atoms with van der Waals surface area (Å²) in [6.07, 6.45) is 0. The Morgan fingerprint density at radius 1 is 1.58 bits per heavy atom. The van der Waals surface area contributed by atoms with Crippen molar-refractivity contribution in [3.05, 3.63) is 15.9 Å². The highest BCUT2D eigenvalue weighted by molar-refractivity contribution is 9.09. The number of azo groups is 1. The molecule has 1 aliphatic rings. The first kappa shape index (κ1) is 7.41. The first-order chi connectivity index (χ1) is 5.68. The van der Waals surface area contributed by atoms with Gasteiger partial charge in [0.2, 0.25) is 5.95 Å². The maximum atomic E-state index is 11.2. The SMILES string of the molecule is Nc1nc2c(c(=O)[nH]1)C(Br)N=N2. The Balaban J connectivity index is 2.75. The number of nitrogens with zero attached hydrogens (tertiary/aromatic N) is 3. The Morgan fingerprint density at radius 2 is 2.33 bits per heavy atom. The minimum absolute atomic E-state index is 0.0549. The molecular formula is C5H4BrN5O. The van der Waals surface area contributed by atoms with E-state index in [1.54, 1.807) is 0 Å². The van der Waals surface area contributed by atoms with Crippen molar-refractivity contribution < 1.29 is 0 Å². The van der Waals surface area contributed by atoms with Crippen LogP contribution in [0.4, 0.5) is 11.8 Å². The van der Waals surface area contributed by atoms with Crippen molar-refractivity contribution in [3.8, 4) is 0 Å². The molecule has 0 saturated carbocycles. The van der Waals surface area contributed by atoms with Crippen molar-refractivity contribution in [2.75, 3.05) is 5.73 Å². The van der Waals surface area contributed by atoms with Gasteiger partial charge in [0, 0.05) is 0 Å². The molecule has 2 rings (SSSR count). The van der Waals surface area contributed by atoms with Crippen LogP contribution in [0.5, 0.6) is 0 Å². The Bertz CT molecular complexity index is 411. The van der Waals surface area contributed by atoms with E-state index in [-0.39, 0.29) is 17.3 Å². The van der Waals surface area contributed by atoms with Gasteiger partial charge < -0.3 is 5.73 Å². The zero-order valence-electron chi connectivity index (χ0n) is 5.78. The molecule has 0 spiro atoms. The van der Waals surface area contributed by atoms with Crippen LogP contribution in [0.15, 0.2) is 15.0 Å². The molecule has 0 fully saturated rings. The topological polar surface area (TPSA) is 96.5 Å². The lowest BCUT2D eigenvalue weighted by molar-refractivity contribution is 1.00. The fourth-order valence-electron chi connectivity index (χ4n) is 0.942. The van der Waals surface area contributed by atoms with Crippen molar-refractivity contribution in [1.82, 2.24) is 9.97 Å². The number of H-pyrrole nitrogens is 1. The molecule has 6 nitrogen and oxygen atoms in total. The van der Waals surface area contributed by atoms with Gasteiger partial charge in [-0.25, -0.2) is 0 Å². The number of hydrogen-bond donors (Lipinski definition) is 2. The summed E-state index contributed by atoms with van der Waals surface area (Å²) in [6.45, 7) is 0. The van der Waals surface area contributed by atoms with Crippen LogP contribution in [-0.2, 0) is 0 Å². The molecule has 0 aromatic carbocycles. The van der Waals surface area contributed by atoms with E-state index < -0.39 is 4.95 Å². The zero-order valence-corrected chi connectivity index (χ0v) is 7.37. The average Bonchev–Trinajstić information content (AvgIpc) is 2.31. The van der Waals surface area contributed by atoms with E-state index in [1.165, 1.54) is 0 Å². The second-order valence-corrected chi connectivity index (χ2v) is 3.11. The van der Waals surface area contributed by atoms with Gasteiger partial charge in [0.1, 0.15) is 5.56 Å². The number of nitrogen functional groups attached to an aromatic ring is 1. The van der Waals surface area contributed by atoms with E-state index in [0.717, 1.165) is 0 Å². The summed E-state index contributed by atoms with van der Waals surface area (Å²) >= 11 is 3.15. The quantitative estimate of drug-likeness (QED) is 0.510. The summed E-state index contributed by atoms with van der Waals surface area (Å²) in [5.41, 5.74) is 5.40. The molecule has 1 unspecified atom stereocenters. The number of nitrogens with one attached hydrogen (secondary N) is 1. The Kier molecular flexibility index (Phi) is 1.47. The lowest BCUT2D eigenvalue weighted by Gasteiger charge is -1.97. The molecule has 7 heteroatoms. The monoisotopic (exact) mass is 229 g/mol. The van der Waals surface area contributed by atoms with E-state index in [1.807, 2.05) is 0 Å². The summed E-state index contributed by atoms with van der Waals surface area (Å²) in [4.78, 5) is 17.0. The number of hydrogen-bond acceptors (Lipinski definition) is 5. The Morgan fingerprint density at radius 3 is 3.08 bits per heavy atom. The number of fused-ring (bicyclic) bond motifs is 1. The third-order valence-electron chi connectivity index (χ3n) is 1.45. The summed E-state index contributed by atoms with van der Waals surface area (Å²) in [5.74, 6) is 0.345. The van der Waals surface area contributed by atoms with Crippen molar-refractivity contribution in [2.24, 2.45) is 10.2 Å². The highest BCUT2D eigenvalue weighted by Crippen LogP contribution is 2.35. The highest BCUT2D eigenvalue weighted by Gasteiger charge is 2.23. The highest BCUT2D eigenvalue weighted by atomic mass is 79.9. The standard InChI is InChI=1S/C5H4BrN5O/c6-2-1-3(11-10-2)8-5(7)9-4(1)12/h2H,(H3,7,8,9,12). The molecule has 0 radical (unpaired) electrons. The molecule has 1 aromatic rings. The first-order valence-corrected chi connectivity index (χ1v) is 4.04. The molecule has 1 aliphatic heterocycles. The van der Waals surface area contributed by atoms with E-state index in [0.29, 0.717) is 5.56 Å². The van der Waals surface area contributed by atoms with Gasteiger partial charge in [-0.05, 0) is 0 Å². The largest absolute Gasteiger partial charge is 0.369 e. The molecule has 0 bridgehead atoms. The summed E-state index contributed by atoms with van der Waals surface area (Å²) in [5, 5.41) is 7.38. The third-order valence-corrected chi connectivity index (χ3v) is 2.09. The molecule has 0 saturated heterocycles. The second kappa shape index (κ2) is 2.37. The first-order valence-electron chi connectivity index (χ1n) is 3.13. The van der Waals surface area contributed by atoms with Crippen molar-refractivity contribution in [1.29, 1.82) is 0 Å². The number of halogens is 1. The molecule has 2 heterocycles. The maximum Gasteiger partial charge on any atom is 0.260 e. The predicted octanol–water partition coefficient (Wildman–Crippen LogP) is 0.843. The van der Waals surface area contributed by atoms with Gasteiger partial charge in [-0.1, -0.05) is 15.9 Å². The van der Waals surface area contributed by atoms with Gasteiger partial charge in [-0.3, -0.25) is 9.78 Å². The number of alkyl halides is 1. The Labute approximate surface area is 75.0 Å². The van der Waals surface area contributed by atoms with Crippen LogP contribution in [0.1, 0.15) is 10.5 Å². The van der Waals surface area contributed by atoms with Gasteiger partial charge in [0.05, 0.1) is 0 Å². The molecular weight excluding hydrogens is 226 g/mol. The van der Waals surface area contributed by atoms with Gasteiger partial charge in [0.15, 0.2) is 10.8 Å². The second-order valence-electron chi connectivity index (χ2n) is 2.24. The predicted molar refractivity (Wildman–Crippen MR) is 45.5 cm³/mol. The average molecular weight is 230 g/mol. The number of nitrogens with two attached hydrogens (primary N) is 1. The van der Waals surface area contributed by atoms with Crippen molar-refractivity contribution in [3.63, 3.8) is 0 Å². The van der Waals surface area contributed by atoms with Gasteiger partial charge in [-0.2, -0.15) is 10.1 Å². The molecule has 62 valence electrons.